The lowest BCUT2D eigenvalue weighted by Crippen LogP contribution is -2.10. The van der Waals surface area contributed by atoms with Crippen LogP contribution >= 0.6 is 34.3 Å². The Morgan fingerprint density at radius 1 is 0.383 bits per heavy atom. The molecule has 0 saturated heterocycles. The summed E-state index contributed by atoms with van der Waals surface area (Å²) < 4.78 is 4.92. The number of fused-ring (bicyclic) bond motifs is 6. The van der Waals surface area contributed by atoms with Gasteiger partial charge in [0.1, 0.15) is 0 Å². The van der Waals surface area contributed by atoms with Gasteiger partial charge < -0.3 is 9.80 Å². The van der Waals surface area contributed by atoms with E-state index in [4.69, 9.17) is 11.6 Å². The van der Waals surface area contributed by atoms with Gasteiger partial charge in [-0.15, -0.1) is 22.7 Å². The van der Waals surface area contributed by atoms with Gasteiger partial charge in [0.05, 0.1) is 15.4 Å². The fraction of sp³-hybridized carbons (Fsp3) is 0. The Morgan fingerprint density at radius 2 is 0.979 bits per heavy atom. The summed E-state index contributed by atoms with van der Waals surface area (Å²) in [5.41, 5.74) is 6.65. The zero-order valence-corrected chi connectivity index (χ0v) is 27.6. The van der Waals surface area contributed by atoms with E-state index in [-0.39, 0.29) is 0 Å². The van der Waals surface area contributed by atoms with Gasteiger partial charge in [0.25, 0.3) is 0 Å². The van der Waals surface area contributed by atoms with E-state index in [0.29, 0.717) is 0 Å². The van der Waals surface area contributed by atoms with Crippen molar-refractivity contribution in [1.82, 2.24) is 0 Å². The molecule has 9 aromatic rings. The standard InChI is InChI=1S/C42H27ClN2S2/c43-36-26-32(27-40-41(36)34-19-10-11-22-38(34)46-40)45(30-17-8-3-9-18-30)37-21-12-20-33-35-25-31(23-24-39(35)47-42(33)37)44(28-13-4-1-5-14-28)29-15-6-2-7-16-29/h1-27H. The van der Waals surface area contributed by atoms with Crippen LogP contribution in [0.4, 0.5) is 34.1 Å². The van der Waals surface area contributed by atoms with Gasteiger partial charge in [-0.25, -0.2) is 0 Å². The molecule has 0 N–H and O–H groups in total. The number of nitrogens with zero attached hydrogens (tertiary/aromatic N) is 2. The number of hydrogen-bond donors (Lipinski definition) is 0. The molecule has 224 valence electrons. The maximum atomic E-state index is 7.11. The molecule has 2 nitrogen and oxygen atoms in total. The summed E-state index contributed by atoms with van der Waals surface area (Å²) >= 11 is 10.7. The first-order valence-corrected chi connectivity index (χ1v) is 17.6. The monoisotopic (exact) mass is 658 g/mol. The molecule has 47 heavy (non-hydrogen) atoms. The summed E-state index contributed by atoms with van der Waals surface area (Å²) in [6.07, 6.45) is 0. The Bertz CT molecular complexity index is 2500. The van der Waals surface area contributed by atoms with E-state index in [1.807, 2.05) is 11.3 Å². The molecular formula is C42H27ClN2S2. The van der Waals surface area contributed by atoms with E-state index >= 15 is 0 Å². The number of anilines is 6. The first kappa shape index (κ1) is 28.1. The predicted molar refractivity (Wildman–Crippen MR) is 207 cm³/mol. The Morgan fingerprint density at radius 3 is 1.68 bits per heavy atom. The zero-order valence-electron chi connectivity index (χ0n) is 25.2. The summed E-state index contributed by atoms with van der Waals surface area (Å²) in [4.78, 5) is 4.68. The summed E-state index contributed by atoms with van der Waals surface area (Å²) in [6, 6.07) is 58.2. The van der Waals surface area contributed by atoms with Gasteiger partial charge in [0, 0.05) is 64.1 Å². The highest BCUT2D eigenvalue weighted by molar-refractivity contribution is 7.26. The highest BCUT2D eigenvalue weighted by atomic mass is 35.5. The quantitative estimate of drug-likeness (QED) is 0.175. The highest BCUT2D eigenvalue weighted by Crippen LogP contribution is 2.48. The van der Waals surface area contributed by atoms with Crippen LogP contribution in [-0.4, -0.2) is 0 Å². The van der Waals surface area contributed by atoms with Gasteiger partial charge in [-0.05, 0) is 78.9 Å². The molecule has 0 bridgehead atoms. The van der Waals surface area contributed by atoms with E-state index in [1.54, 1.807) is 11.3 Å². The molecule has 2 aromatic heterocycles. The summed E-state index contributed by atoms with van der Waals surface area (Å²) in [5.74, 6) is 0. The summed E-state index contributed by atoms with van der Waals surface area (Å²) in [5, 5.41) is 5.58. The normalized spacial score (nSPS) is 11.5. The number of para-hydroxylation sites is 3. The fourth-order valence-electron chi connectivity index (χ4n) is 6.61. The van der Waals surface area contributed by atoms with Crippen LogP contribution in [0.5, 0.6) is 0 Å². The van der Waals surface area contributed by atoms with Gasteiger partial charge in [-0.1, -0.05) is 96.5 Å². The third kappa shape index (κ3) is 4.85. The smallest absolute Gasteiger partial charge is 0.0640 e. The van der Waals surface area contributed by atoms with Gasteiger partial charge >= 0.3 is 0 Å². The molecule has 0 radical (unpaired) electrons. The average Bonchev–Trinajstić information content (AvgIpc) is 3.69. The number of rotatable bonds is 6. The van der Waals surface area contributed by atoms with Crippen molar-refractivity contribution in [1.29, 1.82) is 0 Å². The average molecular weight is 659 g/mol. The maximum Gasteiger partial charge on any atom is 0.0640 e. The van der Waals surface area contributed by atoms with Gasteiger partial charge in [-0.2, -0.15) is 0 Å². The molecule has 0 atom stereocenters. The van der Waals surface area contributed by atoms with E-state index < -0.39 is 0 Å². The van der Waals surface area contributed by atoms with Crippen molar-refractivity contribution in [2.75, 3.05) is 9.80 Å². The largest absolute Gasteiger partial charge is 0.310 e. The number of halogens is 1. The molecule has 7 aromatic carbocycles. The van der Waals surface area contributed by atoms with Crippen molar-refractivity contribution < 1.29 is 0 Å². The summed E-state index contributed by atoms with van der Waals surface area (Å²) in [6.45, 7) is 0. The van der Waals surface area contributed by atoms with Crippen LogP contribution in [0.3, 0.4) is 0 Å². The van der Waals surface area contributed by atoms with Crippen LogP contribution in [0.25, 0.3) is 40.3 Å². The van der Waals surface area contributed by atoms with Gasteiger partial charge in [-0.3, -0.25) is 0 Å². The number of benzene rings is 7. The molecule has 0 saturated carbocycles. The molecular weight excluding hydrogens is 632 g/mol. The van der Waals surface area contributed by atoms with Crippen molar-refractivity contribution in [2.45, 2.75) is 0 Å². The Hall–Kier alpha value is -5.13. The Labute approximate surface area is 285 Å². The van der Waals surface area contributed by atoms with Crippen molar-refractivity contribution in [3.05, 3.63) is 169 Å². The molecule has 0 amide bonds. The van der Waals surface area contributed by atoms with Gasteiger partial charge in [0.2, 0.25) is 0 Å². The molecule has 0 aliphatic rings. The van der Waals surface area contributed by atoms with Crippen LogP contribution in [0.15, 0.2) is 164 Å². The Balaban J connectivity index is 1.24. The second-order valence-electron chi connectivity index (χ2n) is 11.5. The molecule has 9 rings (SSSR count). The molecule has 5 heteroatoms. The topological polar surface area (TPSA) is 6.48 Å². The molecule has 2 heterocycles. The van der Waals surface area contributed by atoms with Crippen molar-refractivity contribution in [3.8, 4) is 0 Å². The lowest BCUT2D eigenvalue weighted by molar-refractivity contribution is 1.29. The SMILES string of the molecule is Clc1cc(N(c2ccccc2)c2cccc3c2sc2ccc(N(c4ccccc4)c4ccccc4)cc23)cc2sc3ccccc3c12. The molecule has 0 aliphatic carbocycles. The van der Waals surface area contributed by atoms with Crippen LogP contribution in [0, 0.1) is 0 Å². The van der Waals surface area contributed by atoms with Crippen molar-refractivity contribution in [3.63, 3.8) is 0 Å². The van der Waals surface area contributed by atoms with Crippen molar-refractivity contribution >= 4 is 109 Å². The van der Waals surface area contributed by atoms with Crippen LogP contribution in [0.2, 0.25) is 5.02 Å². The molecule has 0 spiro atoms. The lowest BCUT2D eigenvalue weighted by Gasteiger charge is -2.26. The van der Waals surface area contributed by atoms with E-state index in [0.717, 1.165) is 44.5 Å². The first-order valence-electron chi connectivity index (χ1n) is 15.5. The van der Waals surface area contributed by atoms with Crippen LogP contribution < -0.4 is 9.80 Å². The Kier molecular flexibility index (Phi) is 6.93. The van der Waals surface area contributed by atoms with Crippen LogP contribution in [-0.2, 0) is 0 Å². The molecule has 0 fully saturated rings. The fourth-order valence-corrected chi connectivity index (χ4v) is 9.34. The van der Waals surface area contributed by atoms with Crippen molar-refractivity contribution in [2.24, 2.45) is 0 Å². The van der Waals surface area contributed by atoms with E-state index in [1.165, 1.54) is 35.0 Å². The highest BCUT2D eigenvalue weighted by Gasteiger charge is 2.21. The third-order valence-electron chi connectivity index (χ3n) is 8.68. The second kappa shape index (κ2) is 11.6. The minimum Gasteiger partial charge on any atom is -0.310 e. The zero-order chi connectivity index (χ0) is 31.3. The number of thiophene rings is 2. The lowest BCUT2D eigenvalue weighted by atomic mass is 10.1. The molecule has 0 aliphatic heterocycles. The minimum absolute atomic E-state index is 0.769. The van der Waals surface area contributed by atoms with Gasteiger partial charge in [0.15, 0.2) is 0 Å². The van der Waals surface area contributed by atoms with E-state index in [2.05, 4.69) is 174 Å². The first-order chi connectivity index (χ1) is 23.2. The number of hydrogen-bond acceptors (Lipinski definition) is 4. The minimum atomic E-state index is 0.769. The molecule has 0 unspecified atom stereocenters. The third-order valence-corrected chi connectivity index (χ3v) is 11.3. The summed E-state index contributed by atoms with van der Waals surface area (Å²) in [7, 11) is 0. The maximum absolute atomic E-state index is 7.11. The van der Waals surface area contributed by atoms with E-state index in [9.17, 15) is 0 Å². The predicted octanol–water partition coefficient (Wildman–Crippen LogP) is 14.0. The van der Waals surface area contributed by atoms with Crippen LogP contribution in [0.1, 0.15) is 0 Å². The second-order valence-corrected chi connectivity index (χ2v) is 14.1.